The van der Waals surface area contributed by atoms with Crippen LogP contribution < -0.4 is 0 Å². The van der Waals surface area contributed by atoms with E-state index in [2.05, 4.69) is 25.9 Å². The first-order valence-electron chi connectivity index (χ1n) is 5.48. The molecule has 5 nitrogen and oxygen atoms in total. The highest BCUT2D eigenvalue weighted by Gasteiger charge is 2.17. The molecule has 0 aliphatic carbocycles. The average Bonchev–Trinajstić information content (AvgIpc) is 2.78. The number of carboxylic acids is 1. The number of pyridine rings is 2. The Morgan fingerprint density at radius 2 is 2.21 bits per heavy atom. The van der Waals surface area contributed by atoms with Crippen molar-refractivity contribution >= 4 is 27.4 Å². The second-order valence-corrected chi connectivity index (χ2v) is 4.85. The van der Waals surface area contributed by atoms with Crippen molar-refractivity contribution in [3.05, 3.63) is 53.0 Å². The van der Waals surface area contributed by atoms with Crippen LogP contribution in [0.25, 0.3) is 16.9 Å². The Bertz CT molecular complexity index is 768. The molecule has 0 aliphatic rings. The minimum atomic E-state index is -1.05. The lowest BCUT2D eigenvalue weighted by Crippen LogP contribution is -1.97. The summed E-state index contributed by atoms with van der Waals surface area (Å²) < 4.78 is 2.55. The van der Waals surface area contributed by atoms with Crippen LogP contribution in [0.3, 0.4) is 0 Å². The summed E-state index contributed by atoms with van der Waals surface area (Å²) in [6, 6.07) is 7.20. The van der Waals surface area contributed by atoms with Gasteiger partial charge in [0.15, 0.2) is 5.69 Å². The number of carbonyl (C=O) groups is 1. The first-order valence-corrected chi connectivity index (χ1v) is 6.27. The minimum Gasteiger partial charge on any atom is -0.476 e. The summed E-state index contributed by atoms with van der Waals surface area (Å²) in [5, 5.41) is 9.23. The molecular weight excluding hydrogens is 310 g/mol. The summed E-state index contributed by atoms with van der Waals surface area (Å²) >= 11 is 3.33. The second-order valence-electron chi connectivity index (χ2n) is 3.93. The number of fused-ring (bicyclic) bond motifs is 1. The van der Waals surface area contributed by atoms with E-state index in [-0.39, 0.29) is 5.69 Å². The molecule has 6 heteroatoms. The van der Waals surface area contributed by atoms with Crippen molar-refractivity contribution in [2.45, 2.75) is 0 Å². The molecule has 0 spiro atoms. The van der Waals surface area contributed by atoms with Crippen molar-refractivity contribution in [3.8, 4) is 11.4 Å². The zero-order chi connectivity index (χ0) is 13.4. The van der Waals surface area contributed by atoms with Crippen LogP contribution in [0.4, 0.5) is 0 Å². The maximum atomic E-state index is 11.3. The largest absolute Gasteiger partial charge is 0.476 e. The van der Waals surface area contributed by atoms with Gasteiger partial charge in [0.05, 0.1) is 5.52 Å². The molecule has 3 heterocycles. The summed E-state index contributed by atoms with van der Waals surface area (Å²) in [5.74, 6) is -0.487. The summed E-state index contributed by atoms with van der Waals surface area (Å²) in [4.78, 5) is 19.5. The standard InChI is InChI=1S/C13H8BrN3O2/c14-9-3-5-17-10(6-9)11(13(18)19)16-12(17)8-2-1-4-15-7-8/h1-7H,(H,18,19). The molecule has 0 fully saturated rings. The number of aromatic nitrogens is 3. The molecule has 0 aliphatic heterocycles. The minimum absolute atomic E-state index is 0.0279. The quantitative estimate of drug-likeness (QED) is 0.789. The Hall–Kier alpha value is -2.21. The van der Waals surface area contributed by atoms with E-state index in [1.165, 1.54) is 0 Å². The number of nitrogens with zero attached hydrogens (tertiary/aromatic N) is 3. The Morgan fingerprint density at radius 3 is 2.89 bits per heavy atom. The van der Waals surface area contributed by atoms with Crippen LogP contribution in [0.5, 0.6) is 0 Å². The SMILES string of the molecule is O=C(O)c1nc(-c2cccnc2)n2ccc(Br)cc12. The van der Waals surface area contributed by atoms with Crippen LogP contribution in [-0.2, 0) is 0 Å². The molecule has 0 bridgehead atoms. The number of hydrogen-bond donors (Lipinski definition) is 1. The van der Waals surface area contributed by atoms with Crippen molar-refractivity contribution in [3.63, 3.8) is 0 Å². The van der Waals surface area contributed by atoms with Crippen LogP contribution >= 0.6 is 15.9 Å². The summed E-state index contributed by atoms with van der Waals surface area (Å²) in [6.45, 7) is 0. The molecule has 0 saturated carbocycles. The lowest BCUT2D eigenvalue weighted by molar-refractivity contribution is 0.0693. The number of aromatic carboxylic acids is 1. The molecule has 0 saturated heterocycles. The Morgan fingerprint density at radius 1 is 1.37 bits per heavy atom. The average molecular weight is 318 g/mol. The van der Waals surface area contributed by atoms with E-state index in [9.17, 15) is 9.90 Å². The first kappa shape index (κ1) is 11.9. The van der Waals surface area contributed by atoms with Crippen molar-refractivity contribution in [2.75, 3.05) is 0 Å². The lowest BCUT2D eigenvalue weighted by atomic mass is 10.3. The molecule has 19 heavy (non-hydrogen) atoms. The maximum absolute atomic E-state index is 11.3. The van der Waals surface area contributed by atoms with Crippen molar-refractivity contribution in [2.24, 2.45) is 0 Å². The molecule has 3 aromatic heterocycles. The fraction of sp³-hybridized carbons (Fsp3) is 0. The van der Waals surface area contributed by atoms with E-state index in [0.717, 1.165) is 10.0 Å². The Kier molecular flexibility index (Phi) is 2.79. The smallest absolute Gasteiger partial charge is 0.356 e. The van der Waals surface area contributed by atoms with Gasteiger partial charge >= 0.3 is 5.97 Å². The van der Waals surface area contributed by atoms with Crippen LogP contribution in [0.2, 0.25) is 0 Å². The van der Waals surface area contributed by atoms with Crippen LogP contribution in [-0.4, -0.2) is 25.4 Å². The molecule has 0 unspecified atom stereocenters. The van der Waals surface area contributed by atoms with Gasteiger partial charge in [-0.3, -0.25) is 9.38 Å². The Balaban J connectivity index is 2.35. The molecule has 0 radical (unpaired) electrons. The molecular formula is C13H8BrN3O2. The van der Waals surface area contributed by atoms with Crippen LogP contribution in [0.15, 0.2) is 47.3 Å². The van der Waals surface area contributed by atoms with Crippen molar-refractivity contribution in [1.82, 2.24) is 14.4 Å². The third-order valence-electron chi connectivity index (χ3n) is 2.73. The van der Waals surface area contributed by atoms with E-state index in [0.29, 0.717) is 11.3 Å². The van der Waals surface area contributed by atoms with E-state index in [1.54, 1.807) is 35.1 Å². The highest BCUT2D eigenvalue weighted by Crippen LogP contribution is 2.24. The predicted molar refractivity (Wildman–Crippen MR) is 73.1 cm³/mol. The van der Waals surface area contributed by atoms with Gasteiger partial charge < -0.3 is 5.11 Å². The van der Waals surface area contributed by atoms with Gasteiger partial charge in [-0.15, -0.1) is 0 Å². The van der Waals surface area contributed by atoms with Gasteiger partial charge in [0.1, 0.15) is 5.82 Å². The van der Waals surface area contributed by atoms with Gasteiger partial charge in [0.25, 0.3) is 0 Å². The van der Waals surface area contributed by atoms with Gasteiger partial charge in [-0.2, -0.15) is 0 Å². The first-order chi connectivity index (χ1) is 9.16. The summed E-state index contributed by atoms with van der Waals surface area (Å²) in [6.07, 6.45) is 5.09. The number of hydrogen-bond acceptors (Lipinski definition) is 3. The normalized spacial score (nSPS) is 10.8. The predicted octanol–water partition coefficient (Wildman–Crippen LogP) is 2.86. The number of carboxylic acid groups (broad SMARTS) is 1. The zero-order valence-electron chi connectivity index (χ0n) is 9.62. The number of halogens is 1. The lowest BCUT2D eigenvalue weighted by Gasteiger charge is -2.00. The van der Waals surface area contributed by atoms with E-state index in [1.807, 2.05) is 12.1 Å². The van der Waals surface area contributed by atoms with Gasteiger partial charge in [0, 0.05) is 28.6 Å². The highest BCUT2D eigenvalue weighted by molar-refractivity contribution is 9.10. The highest BCUT2D eigenvalue weighted by atomic mass is 79.9. The van der Waals surface area contributed by atoms with Gasteiger partial charge in [-0.1, -0.05) is 15.9 Å². The van der Waals surface area contributed by atoms with Crippen LogP contribution in [0.1, 0.15) is 10.5 Å². The third kappa shape index (κ3) is 2.00. The Labute approximate surface area is 116 Å². The maximum Gasteiger partial charge on any atom is 0.356 e. The monoisotopic (exact) mass is 317 g/mol. The molecule has 1 N–H and O–H groups in total. The molecule has 0 amide bonds. The second kappa shape index (κ2) is 4.47. The fourth-order valence-electron chi connectivity index (χ4n) is 1.91. The molecule has 3 aromatic rings. The van der Waals surface area contributed by atoms with E-state index >= 15 is 0 Å². The fourth-order valence-corrected chi connectivity index (χ4v) is 2.25. The molecule has 3 rings (SSSR count). The molecule has 0 atom stereocenters. The topological polar surface area (TPSA) is 67.5 Å². The third-order valence-corrected chi connectivity index (χ3v) is 3.22. The van der Waals surface area contributed by atoms with Crippen LogP contribution in [0, 0.1) is 0 Å². The van der Waals surface area contributed by atoms with Gasteiger partial charge in [-0.25, -0.2) is 9.78 Å². The molecule has 94 valence electrons. The zero-order valence-corrected chi connectivity index (χ0v) is 11.2. The van der Waals surface area contributed by atoms with E-state index in [4.69, 9.17) is 0 Å². The van der Waals surface area contributed by atoms with Crippen molar-refractivity contribution < 1.29 is 9.90 Å². The number of rotatable bonds is 2. The summed E-state index contributed by atoms with van der Waals surface area (Å²) in [5.41, 5.74) is 1.34. The van der Waals surface area contributed by atoms with Gasteiger partial charge in [0.2, 0.25) is 0 Å². The van der Waals surface area contributed by atoms with Gasteiger partial charge in [-0.05, 0) is 24.3 Å². The molecule has 0 aromatic carbocycles. The summed E-state index contributed by atoms with van der Waals surface area (Å²) in [7, 11) is 0. The van der Waals surface area contributed by atoms with Crippen molar-refractivity contribution in [1.29, 1.82) is 0 Å². The number of imidazole rings is 1. The van der Waals surface area contributed by atoms with E-state index < -0.39 is 5.97 Å².